The normalized spacial score (nSPS) is 18.4. The molecule has 0 radical (unpaired) electrons. The molecule has 4 N–H and O–H groups in total. The molecule has 2 aliphatic rings. The van der Waals surface area contributed by atoms with Gasteiger partial charge in [-0.3, -0.25) is 9.48 Å². The molecule has 1 atom stereocenters. The molecule has 1 amide bonds. The number of likely N-dealkylation sites (tertiary alicyclic amines) is 1. The Morgan fingerprint density at radius 1 is 1.22 bits per heavy atom. The third kappa shape index (κ3) is 5.00. The van der Waals surface area contributed by atoms with Gasteiger partial charge in [-0.25, -0.2) is 9.37 Å². The third-order valence-electron chi connectivity index (χ3n) is 7.40. The molecule has 1 unspecified atom stereocenters. The Bertz CT molecular complexity index is 1320. The molecule has 196 valence electrons. The minimum atomic E-state index is -0.668. The van der Waals surface area contributed by atoms with Gasteiger partial charge in [0.15, 0.2) is 11.6 Å². The minimum Gasteiger partial charge on any atom is -0.482 e. The average Bonchev–Trinajstić information content (AvgIpc) is 3.36. The number of amides is 1. The van der Waals surface area contributed by atoms with Gasteiger partial charge >= 0.3 is 0 Å². The second-order valence-corrected chi connectivity index (χ2v) is 10.7. The zero-order chi connectivity index (χ0) is 26.3. The first-order valence-electron chi connectivity index (χ1n) is 12.3. The number of rotatable bonds is 6. The van der Waals surface area contributed by atoms with Crippen LogP contribution in [-0.2, 0) is 4.79 Å². The lowest BCUT2D eigenvalue weighted by molar-refractivity contribution is -0.141. The maximum absolute atomic E-state index is 14.0. The van der Waals surface area contributed by atoms with Gasteiger partial charge in [0.2, 0.25) is 5.91 Å². The van der Waals surface area contributed by atoms with Crippen molar-refractivity contribution in [3.05, 3.63) is 58.2 Å². The van der Waals surface area contributed by atoms with Crippen LogP contribution in [-0.4, -0.2) is 44.2 Å². The second-order valence-electron chi connectivity index (χ2n) is 9.87. The van der Waals surface area contributed by atoms with Crippen molar-refractivity contribution in [3.63, 3.8) is 0 Å². The lowest BCUT2D eigenvalue weighted by Crippen LogP contribution is -2.60. The molecule has 1 aromatic carbocycles. The molecule has 5 rings (SSSR count). The number of benzene rings is 1. The standard InChI is InChI=1S/C26H29Cl2FN6O2/c1-15(22-19(27)3-4-20(29)23(22)28)37-21-11-16(12-32-24(21)30)17-13-33-35(14-17)18-5-9-34(10-6-18)25(36)26(31)7-2-8-26/h3-4,11-15,18H,2,5-10,31H2,1H3,(H2,30,32). The molecule has 1 aliphatic heterocycles. The van der Waals surface area contributed by atoms with Crippen molar-refractivity contribution in [1.29, 1.82) is 0 Å². The molecule has 3 heterocycles. The predicted molar refractivity (Wildman–Crippen MR) is 141 cm³/mol. The molecule has 2 fully saturated rings. The molecular formula is C26H29Cl2FN6O2. The van der Waals surface area contributed by atoms with Gasteiger partial charge in [0.1, 0.15) is 11.9 Å². The summed E-state index contributed by atoms with van der Waals surface area (Å²) < 4.78 is 21.9. The van der Waals surface area contributed by atoms with Gasteiger partial charge < -0.3 is 21.1 Å². The second kappa shape index (κ2) is 10.1. The van der Waals surface area contributed by atoms with Gasteiger partial charge in [0.25, 0.3) is 0 Å². The third-order valence-corrected chi connectivity index (χ3v) is 8.12. The molecule has 1 saturated carbocycles. The summed E-state index contributed by atoms with van der Waals surface area (Å²) in [4.78, 5) is 18.9. The van der Waals surface area contributed by atoms with Crippen molar-refractivity contribution in [2.75, 3.05) is 18.8 Å². The summed E-state index contributed by atoms with van der Waals surface area (Å²) in [7, 11) is 0. The molecule has 1 aliphatic carbocycles. The number of hydrogen-bond acceptors (Lipinski definition) is 6. The number of aromatic nitrogens is 3. The number of carbonyl (C=O) groups excluding carboxylic acids is 1. The average molecular weight is 547 g/mol. The van der Waals surface area contributed by atoms with E-state index in [4.69, 9.17) is 39.4 Å². The lowest BCUT2D eigenvalue weighted by Gasteiger charge is -2.42. The van der Waals surface area contributed by atoms with Crippen LogP contribution in [0, 0.1) is 5.82 Å². The van der Waals surface area contributed by atoms with Crippen molar-refractivity contribution in [2.24, 2.45) is 5.73 Å². The molecule has 2 aromatic heterocycles. The maximum atomic E-state index is 14.0. The Morgan fingerprint density at radius 2 is 1.95 bits per heavy atom. The molecule has 11 heteroatoms. The number of nitrogens with zero attached hydrogens (tertiary/aromatic N) is 4. The number of anilines is 1. The van der Waals surface area contributed by atoms with Crippen LogP contribution in [0.5, 0.6) is 5.75 Å². The van der Waals surface area contributed by atoms with E-state index in [0.717, 1.165) is 43.2 Å². The monoisotopic (exact) mass is 546 g/mol. The molecule has 1 saturated heterocycles. The van der Waals surface area contributed by atoms with Crippen LogP contribution in [0.15, 0.2) is 36.8 Å². The highest BCUT2D eigenvalue weighted by atomic mass is 35.5. The number of halogens is 3. The minimum absolute atomic E-state index is 0.0777. The van der Waals surface area contributed by atoms with E-state index >= 15 is 0 Å². The summed E-state index contributed by atoms with van der Waals surface area (Å²) >= 11 is 12.4. The Kier molecular flexibility index (Phi) is 7.04. The van der Waals surface area contributed by atoms with Gasteiger partial charge in [0.05, 0.1) is 22.8 Å². The Labute approximate surface area is 224 Å². The number of nitrogen functional groups attached to an aromatic ring is 1. The molecule has 8 nitrogen and oxygen atoms in total. The molecular weight excluding hydrogens is 518 g/mol. The summed E-state index contributed by atoms with van der Waals surface area (Å²) in [5.41, 5.74) is 13.6. The van der Waals surface area contributed by atoms with E-state index in [1.54, 1.807) is 25.4 Å². The highest BCUT2D eigenvalue weighted by Gasteiger charge is 2.43. The van der Waals surface area contributed by atoms with Gasteiger partial charge in [-0.2, -0.15) is 5.10 Å². The van der Waals surface area contributed by atoms with E-state index in [2.05, 4.69) is 10.1 Å². The number of hydrogen-bond donors (Lipinski definition) is 2. The fourth-order valence-electron chi connectivity index (χ4n) is 4.98. The fourth-order valence-corrected chi connectivity index (χ4v) is 5.66. The highest BCUT2D eigenvalue weighted by molar-refractivity contribution is 6.36. The quantitative estimate of drug-likeness (QED) is 0.413. The Balaban J connectivity index is 1.28. The van der Waals surface area contributed by atoms with Crippen LogP contribution in [0.25, 0.3) is 11.1 Å². The smallest absolute Gasteiger partial charge is 0.242 e. The van der Waals surface area contributed by atoms with Crippen LogP contribution in [0.3, 0.4) is 0 Å². The van der Waals surface area contributed by atoms with Crippen LogP contribution < -0.4 is 16.2 Å². The van der Waals surface area contributed by atoms with Crippen molar-refractivity contribution < 1.29 is 13.9 Å². The zero-order valence-electron chi connectivity index (χ0n) is 20.5. The molecule has 37 heavy (non-hydrogen) atoms. The number of nitrogens with two attached hydrogens (primary N) is 2. The van der Waals surface area contributed by atoms with Crippen molar-refractivity contribution in [3.8, 4) is 16.9 Å². The van der Waals surface area contributed by atoms with E-state index in [0.29, 0.717) is 29.4 Å². The SMILES string of the molecule is CC(Oc1cc(-c2cnn(C3CCN(C(=O)C4(N)CCC4)CC3)c2)cnc1N)c1c(Cl)ccc(F)c1Cl. The first-order chi connectivity index (χ1) is 17.7. The van der Waals surface area contributed by atoms with Gasteiger partial charge in [-0.05, 0) is 57.2 Å². The summed E-state index contributed by atoms with van der Waals surface area (Å²) in [6.07, 6.45) is 8.89. The summed E-state index contributed by atoms with van der Waals surface area (Å²) in [5, 5.41) is 4.77. The first-order valence-corrected chi connectivity index (χ1v) is 13.1. The van der Waals surface area contributed by atoms with E-state index in [1.165, 1.54) is 12.1 Å². The molecule has 0 bridgehead atoms. The summed E-state index contributed by atoms with van der Waals surface area (Å²) in [6, 6.07) is 4.59. The van der Waals surface area contributed by atoms with Gasteiger partial charge in [-0.1, -0.05) is 23.2 Å². The van der Waals surface area contributed by atoms with Crippen LogP contribution in [0.4, 0.5) is 10.2 Å². The topological polar surface area (TPSA) is 112 Å². The van der Waals surface area contributed by atoms with E-state index in [1.807, 2.05) is 15.8 Å². The van der Waals surface area contributed by atoms with E-state index in [-0.39, 0.29) is 22.8 Å². The van der Waals surface area contributed by atoms with Gasteiger partial charge in [-0.15, -0.1) is 0 Å². The Hall–Kier alpha value is -2.88. The maximum Gasteiger partial charge on any atom is 0.242 e. The molecule has 0 spiro atoms. The summed E-state index contributed by atoms with van der Waals surface area (Å²) in [5.74, 6) is 0.0129. The van der Waals surface area contributed by atoms with Crippen LogP contribution >= 0.6 is 23.2 Å². The van der Waals surface area contributed by atoms with Crippen LogP contribution in [0.1, 0.15) is 56.7 Å². The lowest BCUT2D eigenvalue weighted by atomic mass is 9.76. The summed E-state index contributed by atoms with van der Waals surface area (Å²) in [6.45, 7) is 3.05. The van der Waals surface area contributed by atoms with E-state index < -0.39 is 17.5 Å². The van der Waals surface area contributed by atoms with Crippen molar-refractivity contribution in [1.82, 2.24) is 19.7 Å². The molecule has 3 aromatic rings. The number of pyridine rings is 1. The largest absolute Gasteiger partial charge is 0.482 e. The first kappa shape index (κ1) is 25.8. The fraction of sp³-hybridized carbons (Fsp3) is 0.423. The van der Waals surface area contributed by atoms with Crippen molar-refractivity contribution in [2.45, 2.75) is 56.7 Å². The number of piperidine rings is 1. The van der Waals surface area contributed by atoms with Crippen LogP contribution in [0.2, 0.25) is 10.0 Å². The van der Waals surface area contributed by atoms with E-state index in [9.17, 15) is 9.18 Å². The number of ether oxygens (including phenoxy) is 1. The Morgan fingerprint density at radius 3 is 2.62 bits per heavy atom. The predicted octanol–water partition coefficient (Wildman–Crippen LogP) is 5.16. The number of carbonyl (C=O) groups is 1. The van der Waals surface area contributed by atoms with Crippen molar-refractivity contribution >= 4 is 34.9 Å². The zero-order valence-corrected chi connectivity index (χ0v) is 22.0. The van der Waals surface area contributed by atoms with Gasteiger partial charge in [0, 0.05) is 47.2 Å². The highest BCUT2D eigenvalue weighted by Crippen LogP contribution is 2.37.